The Morgan fingerprint density at radius 2 is 1.72 bits per heavy atom. The molecule has 0 saturated heterocycles. The summed E-state index contributed by atoms with van der Waals surface area (Å²) in [5.74, 6) is -0.874. The second-order valence-electron chi connectivity index (χ2n) is 4.10. The van der Waals surface area contributed by atoms with Gasteiger partial charge in [-0.15, -0.1) is 0 Å². The molecule has 5 nitrogen and oxygen atoms in total. The van der Waals surface area contributed by atoms with Gasteiger partial charge < -0.3 is 5.73 Å². The van der Waals surface area contributed by atoms with Crippen LogP contribution in [0, 0.1) is 6.92 Å². The van der Waals surface area contributed by atoms with Gasteiger partial charge in [0, 0.05) is 5.75 Å². The zero-order chi connectivity index (χ0) is 14.0. The monoisotopic (exact) mass is 291 g/mol. The molecule has 0 bridgehead atoms. The molecule has 18 heavy (non-hydrogen) atoms. The second kappa shape index (κ2) is 5.27. The highest BCUT2D eigenvalue weighted by atomic mass is 32.2. The third kappa shape index (κ3) is 3.71. The van der Waals surface area contributed by atoms with E-state index in [1.807, 2.05) is 0 Å². The first-order chi connectivity index (χ1) is 8.18. The lowest BCUT2D eigenvalue weighted by Gasteiger charge is -2.08. The van der Waals surface area contributed by atoms with Crippen molar-refractivity contribution in [2.75, 3.05) is 23.0 Å². The van der Waals surface area contributed by atoms with Crippen LogP contribution in [0.2, 0.25) is 0 Å². The lowest BCUT2D eigenvalue weighted by Crippen LogP contribution is -2.19. The van der Waals surface area contributed by atoms with Crippen molar-refractivity contribution in [3.63, 3.8) is 0 Å². The van der Waals surface area contributed by atoms with E-state index in [1.54, 1.807) is 19.1 Å². The SMILES string of the molecule is CCS(=O)(=O)CCS(=O)(=O)c1ccc(C)cc1N. The normalized spacial score (nSPS) is 12.6. The van der Waals surface area contributed by atoms with Crippen LogP contribution >= 0.6 is 0 Å². The number of anilines is 1. The highest BCUT2D eigenvalue weighted by Gasteiger charge is 2.20. The topological polar surface area (TPSA) is 94.3 Å². The lowest BCUT2D eigenvalue weighted by atomic mass is 10.2. The van der Waals surface area contributed by atoms with Crippen molar-refractivity contribution in [3.05, 3.63) is 23.8 Å². The number of hydrogen-bond donors (Lipinski definition) is 1. The molecule has 1 aromatic carbocycles. The van der Waals surface area contributed by atoms with Gasteiger partial charge in [-0.3, -0.25) is 0 Å². The van der Waals surface area contributed by atoms with Crippen LogP contribution in [0.3, 0.4) is 0 Å². The van der Waals surface area contributed by atoms with Crippen molar-refractivity contribution >= 4 is 25.4 Å². The largest absolute Gasteiger partial charge is 0.398 e. The predicted octanol–water partition coefficient (Wildman–Crippen LogP) is 0.786. The average Bonchev–Trinajstić information content (AvgIpc) is 2.26. The van der Waals surface area contributed by atoms with Crippen molar-refractivity contribution < 1.29 is 16.8 Å². The second-order valence-corrected chi connectivity index (χ2v) is 8.65. The number of sulfone groups is 2. The van der Waals surface area contributed by atoms with E-state index in [2.05, 4.69) is 0 Å². The van der Waals surface area contributed by atoms with Gasteiger partial charge in [-0.05, 0) is 24.6 Å². The van der Waals surface area contributed by atoms with Gasteiger partial charge in [-0.25, -0.2) is 16.8 Å². The molecule has 0 aliphatic heterocycles. The molecule has 0 radical (unpaired) electrons. The molecule has 1 rings (SSSR count). The highest BCUT2D eigenvalue weighted by molar-refractivity contribution is 7.95. The summed E-state index contributed by atoms with van der Waals surface area (Å²) in [5, 5.41) is 0. The summed E-state index contributed by atoms with van der Waals surface area (Å²) < 4.78 is 46.6. The molecule has 0 aliphatic rings. The van der Waals surface area contributed by atoms with Crippen molar-refractivity contribution in [1.29, 1.82) is 0 Å². The van der Waals surface area contributed by atoms with E-state index in [-0.39, 0.29) is 22.1 Å². The Kier molecular flexibility index (Phi) is 4.39. The summed E-state index contributed by atoms with van der Waals surface area (Å²) in [5.41, 5.74) is 6.66. The zero-order valence-corrected chi connectivity index (χ0v) is 12.0. The first-order valence-electron chi connectivity index (χ1n) is 5.47. The van der Waals surface area contributed by atoms with Gasteiger partial charge in [-0.2, -0.15) is 0 Å². The molecular weight excluding hydrogens is 274 g/mol. The summed E-state index contributed by atoms with van der Waals surface area (Å²) in [4.78, 5) is -0.000553. The number of rotatable bonds is 5. The van der Waals surface area contributed by atoms with Crippen LogP contribution in [0.4, 0.5) is 5.69 Å². The standard InChI is InChI=1S/C11H17NO4S2/c1-3-17(13,14)6-7-18(15,16)11-5-4-9(2)8-10(11)12/h4-5,8H,3,6-7,12H2,1-2H3. The summed E-state index contributed by atoms with van der Waals surface area (Å²) in [6, 6.07) is 4.61. The Morgan fingerprint density at radius 3 is 2.22 bits per heavy atom. The van der Waals surface area contributed by atoms with Crippen LogP contribution in [-0.2, 0) is 19.7 Å². The Morgan fingerprint density at radius 1 is 1.11 bits per heavy atom. The Bertz CT molecular complexity index is 633. The maximum atomic E-state index is 12.0. The van der Waals surface area contributed by atoms with Gasteiger partial charge in [0.2, 0.25) is 0 Å². The van der Waals surface area contributed by atoms with Crippen LogP contribution in [0.1, 0.15) is 12.5 Å². The molecule has 7 heteroatoms. The third-order valence-electron chi connectivity index (χ3n) is 2.60. The first-order valence-corrected chi connectivity index (χ1v) is 8.94. The third-order valence-corrected chi connectivity index (χ3v) is 6.35. The summed E-state index contributed by atoms with van der Waals surface area (Å²) in [6.45, 7) is 3.29. The van der Waals surface area contributed by atoms with E-state index >= 15 is 0 Å². The van der Waals surface area contributed by atoms with Crippen molar-refractivity contribution in [1.82, 2.24) is 0 Å². The molecule has 0 amide bonds. The highest BCUT2D eigenvalue weighted by Crippen LogP contribution is 2.21. The summed E-state index contributed by atoms with van der Waals surface area (Å²) in [7, 11) is -6.96. The maximum Gasteiger partial charge on any atom is 0.181 e. The van der Waals surface area contributed by atoms with Crippen LogP contribution < -0.4 is 5.73 Å². The quantitative estimate of drug-likeness (QED) is 0.809. The first kappa shape index (κ1) is 15.0. The molecule has 0 unspecified atom stereocenters. The molecule has 0 atom stereocenters. The fourth-order valence-corrected chi connectivity index (χ4v) is 4.54. The van der Waals surface area contributed by atoms with Gasteiger partial charge in [0.1, 0.15) is 0 Å². The Hall–Kier alpha value is -1.08. The fourth-order valence-electron chi connectivity index (χ4n) is 1.44. The predicted molar refractivity (Wildman–Crippen MR) is 72.0 cm³/mol. The van der Waals surface area contributed by atoms with E-state index < -0.39 is 25.4 Å². The number of nitrogens with two attached hydrogens (primary N) is 1. The molecule has 2 N–H and O–H groups in total. The molecule has 0 spiro atoms. The van der Waals surface area contributed by atoms with Crippen LogP contribution in [0.15, 0.2) is 23.1 Å². The maximum absolute atomic E-state index is 12.0. The summed E-state index contributed by atoms with van der Waals surface area (Å²) in [6.07, 6.45) is 0. The van der Waals surface area contributed by atoms with E-state index in [0.717, 1.165) is 5.56 Å². The van der Waals surface area contributed by atoms with Crippen LogP contribution in [0.25, 0.3) is 0 Å². The summed E-state index contributed by atoms with van der Waals surface area (Å²) >= 11 is 0. The minimum Gasteiger partial charge on any atom is -0.398 e. The molecule has 0 aliphatic carbocycles. The molecular formula is C11H17NO4S2. The van der Waals surface area contributed by atoms with E-state index in [4.69, 9.17) is 5.73 Å². The van der Waals surface area contributed by atoms with Crippen molar-refractivity contribution in [2.45, 2.75) is 18.7 Å². The van der Waals surface area contributed by atoms with Gasteiger partial charge >= 0.3 is 0 Å². The van der Waals surface area contributed by atoms with E-state index in [0.29, 0.717) is 0 Å². The number of aryl methyl sites for hydroxylation is 1. The number of hydrogen-bond acceptors (Lipinski definition) is 5. The van der Waals surface area contributed by atoms with E-state index in [1.165, 1.54) is 13.0 Å². The molecule has 0 saturated carbocycles. The van der Waals surface area contributed by atoms with Gasteiger partial charge in [0.05, 0.1) is 22.1 Å². The fraction of sp³-hybridized carbons (Fsp3) is 0.455. The smallest absolute Gasteiger partial charge is 0.181 e. The zero-order valence-electron chi connectivity index (χ0n) is 10.4. The van der Waals surface area contributed by atoms with Gasteiger partial charge in [0.15, 0.2) is 19.7 Å². The van der Waals surface area contributed by atoms with Crippen LogP contribution in [-0.4, -0.2) is 34.1 Å². The van der Waals surface area contributed by atoms with Crippen LogP contribution in [0.5, 0.6) is 0 Å². The molecule has 102 valence electrons. The van der Waals surface area contributed by atoms with Crippen molar-refractivity contribution in [2.24, 2.45) is 0 Å². The molecule has 0 heterocycles. The minimum absolute atomic E-state index is 0.000553. The molecule has 0 fully saturated rings. The van der Waals surface area contributed by atoms with Gasteiger partial charge in [-0.1, -0.05) is 13.0 Å². The minimum atomic E-state index is -3.66. The van der Waals surface area contributed by atoms with E-state index in [9.17, 15) is 16.8 Å². The van der Waals surface area contributed by atoms with Gasteiger partial charge in [0.25, 0.3) is 0 Å². The Labute approximate surface area is 108 Å². The number of nitrogen functional groups attached to an aromatic ring is 1. The Balaban J connectivity index is 3.01. The molecule has 1 aromatic rings. The average molecular weight is 291 g/mol. The number of benzene rings is 1. The molecule has 0 aromatic heterocycles. The lowest BCUT2D eigenvalue weighted by molar-refractivity contribution is 0.588. The van der Waals surface area contributed by atoms with Crippen molar-refractivity contribution in [3.8, 4) is 0 Å².